The average molecular weight is 433 g/mol. The van der Waals surface area contributed by atoms with Crippen molar-refractivity contribution in [3.05, 3.63) is 87.2 Å². The molecule has 2 heterocycles. The molecule has 9 heteroatoms. The number of aromatic nitrogens is 3. The van der Waals surface area contributed by atoms with Gasteiger partial charge in [0.1, 0.15) is 11.6 Å². The summed E-state index contributed by atoms with van der Waals surface area (Å²) in [6.07, 6.45) is 1.69. The lowest BCUT2D eigenvalue weighted by molar-refractivity contribution is -0.384. The fourth-order valence-electron chi connectivity index (χ4n) is 3.11. The van der Waals surface area contributed by atoms with Gasteiger partial charge in [-0.05, 0) is 19.4 Å². The van der Waals surface area contributed by atoms with Gasteiger partial charge in [-0.15, -0.1) is 11.3 Å². The van der Waals surface area contributed by atoms with Gasteiger partial charge in [0.25, 0.3) is 5.69 Å². The first-order chi connectivity index (χ1) is 14.9. The van der Waals surface area contributed by atoms with E-state index in [1.807, 2.05) is 43.5 Å². The number of nitro benzene ring substituents is 1. The molecule has 8 nitrogen and oxygen atoms in total. The summed E-state index contributed by atoms with van der Waals surface area (Å²) in [5.74, 6) is 0.981. The molecule has 1 amide bonds. The Hall–Kier alpha value is -3.85. The van der Waals surface area contributed by atoms with E-state index in [1.54, 1.807) is 22.9 Å². The van der Waals surface area contributed by atoms with Crippen LogP contribution in [0.2, 0.25) is 0 Å². The molecule has 4 aromatic rings. The third-order valence-corrected chi connectivity index (χ3v) is 5.57. The first kappa shape index (κ1) is 20.4. The zero-order valence-electron chi connectivity index (χ0n) is 16.9. The van der Waals surface area contributed by atoms with Crippen molar-refractivity contribution < 1.29 is 9.72 Å². The van der Waals surface area contributed by atoms with Crippen molar-refractivity contribution in [3.63, 3.8) is 0 Å². The topological polar surface area (TPSA) is 103 Å². The van der Waals surface area contributed by atoms with Crippen LogP contribution >= 0.6 is 11.3 Å². The Morgan fingerprint density at radius 3 is 2.52 bits per heavy atom. The Morgan fingerprint density at radius 1 is 1.13 bits per heavy atom. The lowest BCUT2D eigenvalue weighted by Gasteiger charge is -2.08. The maximum absolute atomic E-state index is 12.5. The molecule has 0 spiro atoms. The molecule has 0 aliphatic heterocycles. The maximum Gasteiger partial charge on any atom is 0.269 e. The second-order valence-electron chi connectivity index (χ2n) is 7.06. The highest BCUT2D eigenvalue weighted by molar-refractivity contribution is 7.12. The number of aryl methyl sites for hydroxylation is 2. The number of nitrogens with one attached hydrogen (secondary N) is 1. The lowest BCUT2D eigenvalue weighted by Crippen LogP contribution is -2.17. The van der Waals surface area contributed by atoms with Crippen LogP contribution in [0.5, 0.6) is 0 Å². The zero-order valence-corrected chi connectivity index (χ0v) is 17.7. The Morgan fingerprint density at radius 2 is 1.84 bits per heavy atom. The molecule has 0 aliphatic carbocycles. The van der Waals surface area contributed by atoms with Gasteiger partial charge >= 0.3 is 0 Å². The van der Waals surface area contributed by atoms with Gasteiger partial charge in [-0.1, -0.05) is 42.0 Å². The number of carbonyl (C=O) groups is 1. The minimum atomic E-state index is -0.468. The Labute approximate surface area is 182 Å². The first-order valence-corrected chi connectivity index (χ1v) is 10.4. The van der Waals surface area contributed by atoms with Crippen LogP contribution in [0, 0.1) is 24.0 Å². The number of anilines is 1. The molecule has 156 valence electrons. The number of benzene rings is 2. The Balaban J connectivity index is 1.52. The first-order valence-electron chi connectivity index (χ1n) is 9.51. The van der Waals surface area contributed by atoms with Crippen LogP contribution in [0.3, 0.4) is 0 Å². The monoisotopic (exact) mass is 433 g/mol. The van der Waals surface area contributed by atoms with Crippen molar-refractivity contribution in [1.29, 1.82) is 0 Å². The molecule has 0 saturated carbocycles. The number of nitrogens with zero attached hydrogens (tertiary/aromatic N) is 4. The number of hydrogen-bond acceptors (Lipinski definition) is 6. The molecule has 0 unspecified atom stereocenters. The van der Waals surface area contributed by atoms with Crippen LogP contribution in [0.25, 0.3) is 16.4 Å². The van der Waals surface area contributed by atoms with Gasteiger partial charge in [0, 0.05) is 23.1 Å². The number of carbonyl (C=O) groups excluding carboxylic acids is 1. The van der Waals surface area contributed by atoms with Crippen LogP contribution in [-0.2, 0) is 11.2 Å². The van der Waals surface area contributed by atoms with Crippen molar-refractivity contribution >= 4 is 28.7 Å². The van der Waals surface area contributed by atoms with Crippen LogP contribution < -0.4 is 5.32 Å². The minimum Gasteiger partial charge on any atom is -0.310 e. The van der Waals surface area contributed by atoms with Gasteiger partial charge in [0.15, 0.2) is 5.13 Å². The van der Waals surface area contributed by atoms with E-state index in [-0.39, 0.29) is 18.0 Å². The molecule has 0 bridgehead atoms. The Bertz CT molecular complexity index is 1240. The summed E-state index contributed by atoms with van der Waals surface area (Å²) < 4.78 is 1.80. The third-order valence-electron chi connectivity index (χ3n) is 4.75. The van der Waals surface area contributed by atoms with Crippen LogP contribution in [-0.4, -0.2) is 25.4 Å². The highest BCUT2D eigenvalue weighted by atomic mass is 32.1. The van der Waals surface area contributed by atoms with Crippen molar-refractivity contribution in [1.82, 2.24) is 14.5 Å². The van der Waals surface area contributed by atoms with Crippen molar-refractivity contribution in [2.24, 2.45) is 0 Å². The van der Waals surface area contributed by atoms with E-state index in [0.29, 0.717) is 22.3 Å². The van der Waals surface area contributed by atoms with Crippen molar-refractivity contribution in [2.75, 3.05) is 5.32 Å². The molecule has 1 N–H and O–H groups in total. The number of imidazole rings is 1. The zero-order chi connectivity index (χ0) is 22.0. The number of hydrogen-bond donors (Lipinski definition) is 1. The van der Waals surface area contributed by atoms with Crippen molar-refractivity contribution in [2.45, 2.75) is 20.3 Å². The van der Waals surface area contributed by atoms with E-state index < -0.39 is 4.92 Å². The van der Waals surface area contributed by atoms with E-state index in [9.17, 15) is 14.9 Å². The largest absolute Gasteiger partial charge is 0.310 e. The summed E-state index contributed by atoms with van der Waals surface area (Å²) in [6, 6.07) is 14.1. The van der Waals surface area contributed by atoms with E-state index >= 15 is 0 Å². The van der Waals surface area contributed by atoms with Gasteiger partial charge in [0.2, 0.25) is 5.91 Å². The summed E-state index contributed by atoms with van der Waals surface area (Å²) in [5, 5.41) is 16.3. The molecule has 2 aromatic heterocycles. The summed E-state index contributed by atoms with van der Waals surface area (Å²) >= 11 is 1.47. The summed E-state index contributed by atoms with van der Waals surface area (Å²) in [7, 11) is 0. The second kappa shape index (κ2) is 8.49. The predicted molar refractivity (Wildman–Crippen MR) is 120 cm³/mol. The minimum absolute atomic E-state index is 0.00832. The Kier molecular flexibility index (Phi) is 5.59. The van der Waals surface area contributed by atoms with Gasteiger partial charge in [-0.25, -0.2) is 9.97 Å². The number of amides is 1. The van der Waals surface area contributed by atoms with Crippen LogP contribution in [0.4, 0.5) is 11.5 Å². The summed E-state index contributed by atoms with van der Waals surface area (Å²) in [5.41, 5.74) is 3.74. The molecule has 0 atom stereocenters. The van der Waals surface area contributed by atoms with Gasteiger partial charge in [-0.3, -0.25) is 19.5 Å². The molecule has 0 saturated heterocycles. The predicted octanol–water partition coefficient (Wildman–Crippen LogP) is 4.70. The molecular formula is C22H19N5O3S. The quantitative estimate of drug-likeness (QED) is 0.351. The number of thiazole rings is 1. The molecule has 4 rings (SSSR count). The maximum atomic E-state index is 12.5. The second-order valence-corrected chi connectivity index (χ2v) is 7.89. The normalized spacial score (nSPS) is 10.8. The fraction of sp³-hybridized carbons (Fsp3) is 0.136. The number of nitro groups is 1. The third kappa shape index (κ3) is 4.51. The van der Waals surface area contributed by atoms with Gasteiger partial charge in [0.05, 0.1) is 23.2 Å². The van der Waals surface area contributed by atoms with Gasteiger partial charge < -0.3 is 5.32 Å². The molecule has 2 aromatic carbocycles. The number of rotatable bonds is 6. The standard InChI is InChI=1S/C22H19N5O3S/c1-14-3-7-17(8-4-14)19-13-31-22(24-19)26-15(2)23-12-20(26)25-21(28)11-16-5-9-18(10-6-16)27(29)30/h3-10,12-13H,11H2,1-2H3,(H,25,28). The molecule has 0 radical (unpaired) electrons. The van der Waals surface area contributed by atoms with E-state index in [0.717, 1.165) is 11.3 Å². The molecule has 0 fully saturated rings. The SMILES string of the molecule is Cc1ccc(-c2csc(-n3c(NC(=O)Cc4ccc([N+](=O)[O-])cc4)cnc3C)n2)cc1. The molecular weight excluding hydrogens is 414 g/mol. The number of non-ortho nitro benzene ring substituents is 1. The summed E-state index contributed by atoms with van der Waals surface area (Å²) in [6.45, 7) is 3.88. The average Bonchev–Trinajstić information content (AvgIpc) is 3.35. The van der Waals surface area contributed by atoms with Crippen molar-refractivity contribution in [3.8, 4) is 16.4 Å². The lowest BCUT2D eigenvalue weighted by atomic mass is 10.1. The van der Waals surface area contributed by atoms with E-state index in [2.05, 4.69) is 10.3 Å². The highest BCUT2D eigenvalue weighted by Crippen LogP contribution is 2.27. The molecule has 0 aliphatic rings. The summed E-state index contributed by atoms with van der Waals surface area (Å²) in [4.78, 5) is 31.9. The van der Waals surface area contributed by atoms with Crippen LogP contribution in [0.1, 0.15) is 17.0 Å². The highest BCUT2D eigenvalue weighted by Gasteiger charge is 2.16. The molecule has 31 heavy (non-hydrogen) atoms. The fourth-order valence-corrected chi connectivity index (χ4v) is 4.00. The smallest absolute Gasteiger partial charge is 0.269 e. The van der Waals surface area contributed by atoms with Gasteiger partial charge in [-0.2, -0.15) is 0 Å². The van der Waals surface area contributed by atoms with E-state index in [4.69, 9.17) is 4.98 Å². The van der Waals surface area contributed by atoms with E-state index in [1.165, 1.54) is 29.0 Å². The van der Waals surface area contributed by atoms with Crippen LogP contribution in [0.15, 0.2) is 60.1 Å².